The van der Waals surface area contributed by atoms with Gasteiger partial charge in [0.05, 0.1) is 30.7 Å². The van der Waals surface area contributed by atoms with Gasteiger partial charge in [-0.05, 0) is 37.1 Å². The quantitative estimate of drug-likeness (QED) is 0.855. The third kappa shape index (κ3) is 2.80. The first-order valence-corrected chi connectivity index (χ1v) is 7.06. The lowest BCUT2D eigenvalue weighted by Crippen LogP contribution is -2.38. The van der Waals surface area contributed by atoms with Gasteiger partial charge < -0.3 is 9.64 Å². The third-order valence-electron chi connectivity index (χ3n) is 3.80. The Morgan fingerprint density at radius 1 is 1.38 bits per heavy atom. The van der Waals surface area contributed by atoms with E-state index in [1.54, 1.807) is 24.2 Å². The largest absolute Gasteiger partial charge is 0.383 e. The number of ether oxygens (including phenoxy) is 1. The average molecular weight is 286 g/mol. The molecule has 1 atom stereocenters. The number of nitrogens with zero attached hydrogens (tertiary/aromatic N) is 4. The number of methoxy groups -OCH3 is 1. The van der Waals surface area contributed by atoms with E-state index in [-0.39, 0.29) is 11.9 Å². The summed E-state index contributed by atoms with van der Waals surface area (Å²) >= 11 is 0. The maximum absolute atomic E-state index is 12.6. The number of carbonyl (C=O) groups excluding carboxylic acids is 1. The first-order valence-electron chi connectivity index (χ1n) is 7.06. The van der Waals surface area contributed by atoms with E-state index in [1.807, 2.05) is 29.2 Å². The van der Waals surface area contributed by atoms with Crippen molar-refractivity contribution in [3.05, 3.63) is 42.2 Å². The lowest BCUT2D eigenvalue weighted by Gasteiger charge is -2.24. The molecule has 0 saturated carbocycles. The molecular weight excluding hydrogens is 268 g/mol. The highest BCUT2D eigenvalue weighted by Crippen LogP contribution is 2.21. The molecule has 1 aromatic carbocycles. The second-order valence-corrected chi connectivity index (χ2v) is 5.14. The summed E-state index contributed by atoms with van der Waals surface area (Å²) in [5.41, 5.74) is 1.58. The van der Waals surface area contributed by atoms with E-state index in [0.29, 0.717) is 12.2 Å². The van der Waals surface area contributed by atoms with E-state index < -0.39 is 0 Å². The van der Waals surface area contributed by atoms with Crippen molar-refractivity contribution < 1.29 is 9.53 Å². The van der Waals surface area contributed by atoms with Crippen LogP contribution in [0.2, 0.25) is 0 Å². The molecule has 2 aromatic rings. The molecule has 0 unspecified atom stereocenters. The molecule has 0 bridgehead atoms. The number of hydrogen-bond donors (Lipinski definition) is 0. The van der Waals surface area contributed by atoms with Crippen molar-refractivity contribution in [1.82, 2.24) is 19.9 Å². The monoisotopic (exact) mass is 286 g/mol. The van der Waals surface area contributed by atoms with E-state index in [0.717, 1.165) is 25.1 Å². The maximum atomic E-state index is 12.6. The zero-order valence-electron chi connectivity index (χ0n) is 12.0. The normalized spacial score (nSPS) is 18.1. The Kier molecular flexibility index (Phi) is 3.96. The Bertz CT molecular complexity index is 595. The molecule has 1 fully saturated rings. The zero-order chi connectivity index (χ0) is 14.7. The highest BCUT2D eigenvalue weighted by Gasteiger charge is 2.29. The van der Waals surface area contributed by atoms with Crippen LogP contribution in [0.4, 0.5) is 0 Å². The number of hydrogen-bond acceptors (Lipinski definition) is 4. The minimum absolute atomic E-state index is 0.0692. The number of rotatable bonds is 4. The van der Waals surface area contributed by atoms with Gasteiger partial charge in [-0.2, -0.15) is 0 Å². The molecule has 0 spiro atoms. The highest BCUT2D eigenvalue weighted by molar-refractivity contribution is 5.94. The van der Waals surface area contributed by atoms with Crippen LogP contribution in [0.3, 0.4) is 0 Å². The summed E-state index contributed by atoms with van der Waals surface area (Å²) in [6.45, 7) is 1.40. The van der Waals surface area contributed by atoms with Crippen molar-refractivity contribution in [1.29, 1.82) is 0 Å². The molecule has 6 nitrogen and oxygen atoms in total. The molecule has 0 N–H and O–H groups in total. The Hall–Kier alpha value is -2.21. The fourth-order valence-corrected chi connectivity index (χ4v) is 2.74. The third-order valence-corrected chi connectivity index (χ3v) is 3.80. The predicted molar refractivity (Wildman–Crippen MR) is 77.3 cm³/mol. The maximum Gasteiger partial charge on any atom is 0.254 e. The van der Waals surface area contributed by atoms with E-state index >= 15 is 0 Å². The van der Waals surface area contributed by atoms with Gasteiger partial charge in [-0.1, -0.05) is 5.21 Å². The van der Waals surface area contributed by atoms with Gasteiger partial charge in [0.1, 0.15) is 0 Å². The van der Waals surface area contributed by atoms with E-state index in [9.17, 15) is 4.79 Å². The Morgan fingerprint density at radius 3 is 2.86 bits per heavy atom. The van der Waals surface area contributed by atoms with Gasteiger partial charge in [-0.25, -0.2) is 4.68 Å². The number of aromatic nitrogens is 3. The SMILES string of the molecule is COC[C@@H]1CCCN1C(=O)c1ccc(-n2ccnn2)cc1. The molecule has 110 valence electrons. The average Bonchev–Trinajstić information content (AvgIpc) is 3.19. The standard InChI is InChI=1S/C15H18N4O2/c1-21-11-14-3-2-9-18(14)15(20)12-4-6-13(7-5-12)19-10-8-16-17-19/h4-8,10,14H,2-3,9,11H2,1H3/t14-/m0/s1. The second kappa shape index (κ2) is 6.05. The minimum atomic E-state index is 0.0692. The summed E-state index contributed by atoms with van der Waals surface area (Å²) < 4.78 is 6.86. The second-order valence-electron chi connectivity index (χ2n) is 5.14. The molecule has 1 aromatic heterocycles. The summed E-state index contributed by atoms with van der Waals surface area (Å²) in [6.07, 6.45) is 5.44. The lowest BCUT2D eigenvalue weighted by atomic mass is 10.1. The molecule has 1 amide bonds. The van der Waals surface area contributed by atoms with Crippen LogP contribution in [0, 0.1) is 0 Å². The summed E-state index contributed by atoms with van der Waals surface area (Å²) in [4.78, 5) is 14.5. The number of benzene rings is 1. The zero-order valence-corrected chi connectivity index (χ0v) is 12.0. The van der Waals surface area contributed by atoms with Crippen LogP contribution >= 0.6 is 0 Å². The first-order chi connectivity index (χ1) is 10.3. The molecule has 21 heavy (non-hydrogen) atoms. The van der Waals surface area contributed by atoms with Gasteiger partial charge >= 0.3 is 0 Å². The molecule has 2 heterocycles. The molecular formula is C15H18N4O2. The molecule has 6 heteroatoms. The van der Waals surface area contributed by atoms with Gasteiger partial charge in [0.15, 0.2) is 0 Å². The van der Waals surface area contributed by atoms with Gasteiger partial charge in [0.2, 0.25) is 0 Å². The first kappa shape index (κ1) is 13.8. The van der Waals surface area contributed by atoms with Crippen molar-refractivity contribution >= 4 is 5.91 Å². The van der Waals surface area contributed by atoms with Crippen LogP contribution in [0.5, 0.6) is 0 Å². The minimum Gasteiger partial charge on any atom is -0.383 e. The molecule has 3 rings (SSSR count). The van der Waals surface area contributed by atoms with Gasteiger partial charge in [-0.15, -0.1) is 5.10 Å². The van der Waals surface area contributed by atoms with Crippen LogP contribution in [-0.4, -0.2) is 52.1 Å². The van der Waals surface area contributed by atoms with E-state index in [4.69, 9.17) is 4.74 Å². The fraction of sp³-hybridized carbons (Fsp3) is 0.400. The van der Waals surface area contributed by atoms with Crippen molar-refractivity contribution in [2.45, 2.75) is 18.9 Å². The van der Waals surface area contributed by atoms with Crippen LogP contribution in [0.1, 0.15) is 23.2 Å². The van der Waals surface area contributed by atoms with Crippen LogP contribution < -0.4 is 0 Å². The molecule has 0 aliphatic carbocycles. The Morgan fingerprint density at radius 2 is 2.19 bits per heavy atom. The smallest absolute Gasteiger partial charge is 0.254 e. The van der Waals surface area contributed by atoms with Crippen LogP contribution in [-0.2, 0) is 4.74 Å². The number of likely N-dealkylation sites (tertiary alicyclic amines) is 1. The highest BCUT2D eigenvalue weighted by atomic mass is 16.5. The number of carbonyl (C=O) groups is 1. The van der Waals surface area contributed by atoms with Crippen molar-refractivity contribution in [3.8, 4) is 5.69 Å². The summed E-state index contributed by atoms with van der Waals surface area (Å²) in [7, 11) is 1.67. The molecule has 0 radical (unpaired) electrons. The number of amides is 1. The van der Waals surface area contributed by atoms with Gasteiger partial charge in [0.25, 0.3) is 5.91 Å². The lowest BCUT2D eigenvalue weighted by molar-refractivity contribution is 0.0630. The summed E-state index contributed by atoms with van der Waals surface area (Å²) in [5, 5.41) is 7.70. The summed E-state index contributed by atoms with van der Waals surface area (Å²) in [6, 6.07) is 7.62. The predicted octanol–water partition coefficient (Wildman–Crippen LogP) is 1.52. The summed E-state index contributed by atoms with van der Waals surface area (Å²) in [5.74, 6) is 0.0692. The van der Waals surface area contributed by atoms with E-state index in [1.165, 1.54) is 0 Å². The van der Waals surface area contributed by atoms with Crippen molar-refractivity contribution in [2.24, 2.45) is 0 Å². The Labute approximate surface area is 123 Å². The topological polar surface area (TPSA) is 60.2 Å². The van der Waals surface area contributed by atoms with Crippen LogP contribution in [0.25, 0.3) is 5.69 Å². The molecule has 1 saturated heterocycles. The Balaban J connectivity index is 1.76. The van der Waals surface area contributed by atoms with Gasteiger partial charge in [0, 0.05) is 19.2 Å². The van der Waals surface area contributed by atoms with Crippen molar-refractivity contribution in [3.63, 3.8) is 0 Å². The van der Waals surface area contributed by atoms with Crippen LogP contribution in [0.15, 0.2) is 36.7 Å². The molecule has 1 aliphatic rings. The van der Waals surface area contributed by atoms with E-state index in [2.05, 4.69) is 10.3 Å². The van der Waals surface area contributed by atoms with Gasteiger partial charge in [-0.3, -0.25) is 4.79 Å². The molecule has 1 aliphatic heterocycles. The fourth-order valence-electron chi connectivity index (χ4n) is 2.74. The van der Waals surface area contributed by atoms with Crippen molar-refractivity contribution in [2.75, 3.05) is 20.3 Å².